The van der Waals surface area contributed by atoms with Crippen LogP contribution in [0, 0.1) is 0 Å². The van der Waals surface area contributed by atoms with E-state index in [0.29, 0.717) is 0 Å². The molecule has 1 aliphatic heterocycles. The van der Waals surface area contributed by atoms with E-state index in [4.69, 9.17) is 0 Å². The van der Waals surface area contributed by atoms with Gasteiger partial charge in [0.15, 0.2) is 16.6 Å². The monoisotopic (exact) mass is 337 g/mol. The maximum absolute atomic E-state index is 10.5. The molecule has 0 aromatic heterocycles. The van der Waals surface area contributed by atoms with Gasteiger partial charge in [-0.15, -0.1) is 0 Å². The van der Waals surface area contributed by atoms with Crippen LogP contribution in [0.4, 0.5) is 0 Å². The minimum absolute atomic E-state index is 1.02. The normalized spacial score (nSPS) is 36.0. The Morgan fingerprint density at radius 2 is 1.65 bits per heavy atom. The van der Waals surface area contributed by atoms with E-state index in [9.17, 15) is 41.3 Å². The predicted molar refractivity (Wildman–Crippen MR) is 55.2 cm³/mol. The predicted octanol–water partition coefficient (Wildman–Crippen LogP) is -4.68. The molecule has 0 aliphatic carbocycles. The van der Waals surface area contributed by atoms with Crippen molar-refractivity contribution in [2.45, 2.75) is 30.6 Å². The topological polar surface area (TPSA) is 206 Å². The Balaban J connectivity index is 2.76. The van der Waals surface area contributed by atoms with Crippen LogP contribution >= 0.6 is 0 Å². The summed E-state index contributed by atoms with van der Waals surface area (Å²) in [7, 11) is -10.1. The van der Waals surface area contributed by atoms with E-state index in [1.807, 2.05) is 0 Å². The molecule has 0 amide bonds. The van der Waals surface area contributed by atoms with Crippen LogP contribution in [0.15, 0.2) is 0 Å². The van der Waals surface area contributed by atoms with Crippen molar-refractivity contribution in [2.24, 2.45) is 0 Å². The lowest BCUT2D eigenvalue weighted by Gasteiger charge is -2.41. The molecule has 4 N–H and O–H groups in total. The van der Waals surface area contributed by atoms with E-state index < -0.39 is 58.0 Å². The quantitative estimate of drug-likeness (QED) is 0.277. The summed E-state index contributed by atoms with van der Waals surface area (Å²) in [5.74, 6) is 0. The highest BCUT2D eigenvalue weighted by atomic mass is 32.3. The van der Waals surface area contributed by atoms with Crippen LogP contribution in [0.25, 0.3) is 0 Å². The van der Waals surface area contributed by atoms with Gasteiger partial charge in [-0.3, -0.25) is 4.18 Å². The highest BCUT2D eigenvalue weighted by Crippen LogP contribution is 2.21. The molecule has 14 heteroatoms. The molecular weight excluding hydrogens is 326 g/mol. The Bertz CT molecular complexity index is 527. The van der Waals surface area contributed by atoms with E-state index in [-0.39, 0.29) is 0 Å². The lowest BCUT2D eigenvalue weighted by Crippen LogP contribution is -2.64. The van der Waals surface area contributed by atoms with E-state index in [1.54, 1.807) is 0 Å². The first-order valence-electron chi connectivity index (χ1n) is 4.94. The van der Waals surface area contributed by atoms with Crippen LogP contribution in [-0.2, 0) is 29.6 Å². The van der Waals surface area contributed by atoms with Crippen molar-refractivity contribution in [3.05, 3.63) is 0 Å². The molecule has 5 atom stereocenters. The van der Waals surface area contributed by atoms with Crippen molar-refractivity contribution in [1.82, 2.24) is 4.72 Å². The van der Waals surface area contributed by atoms with Gasteiger partial charge in [0.25, 0.3) is 0 Å². The number of nitrogens with one attached hydrogen (secondary N) is 1. The second-order valence-electron chi connectivity index (χ2n) is 3.84. The lowest BCUT2D eigenvalue weighted by molar-refractivity contribution is -0.250. The molecule has 1 aliphatic rings. The van der Waals surface area contributed by atoms with Crippen LogP contribution < -0.4 is 4.72 Å². The molecule has 0 aromatic carbocycles. The van der Waals surface area contributed by atoms with Gasteiger partial charge in [0.05, 0.1) is 12.6 Å². The van der Waals surface area contributed by atoms with Crippen LogP contribution in [-0.4, -0.2) is 78.5 Å². The molecule has 0 spiro atoms. The highest BCUT2D eigenvalue weighted by Gasteiger charge is 2.44. The molecule has 20 heavy (non-hydrogen) atoms. The fourth-order valence-electron chi connectivity index (χ4n) is 1.53. The maximum atomic E-state index is 10.5. The summed E-state index contributed by atoms with van der Waals surface area (Å²) in [4.78, 5) is 0. The molecule has 120 valence electrons. The maximum Gasteiger partial charge on any atom is 0.217 e. The Hall–Kier alpha value is -0.420. The Kier molecular flexibility index (Phi) is 5.41. The summed E-state index contributed by atoms with van der Waals surface area (Å²) in [5.41, 5.74) is 0. The lowest BCUT2D eigenvalue weighted by atomic mass is 9.98. The van der Waals surface area contributed by atoms with E-state index in [2.05, 4.69) is 8.92 Å². The number of hydrogen-bond donors (Lipinski definition) is 4. The smallest absolute Gasteiger partial charge is 0.217 e. The summed E-state index contributed by atoms with van der Waals surface area (Å²) >= 11 is 0. The molecule has 3 unspecified atom stereocenters. The highest BCUT2D eigenvalue weighted by molar-refractivity contribution is 7.83. The minimum atomic E-state index is -5.09. The van der Waals surface area contributed by atoms with Crippen molar-refractivity contribution in [2.75, 3.05) is 6.61 Å². The summed E-state index contributed by atoms with van der Waals surface area (Å²) < 4.78 is 71.7. The minimum Gasteiger partial charge on any atom is -0.735 e. The first kappa shape index (κ1) is 17.6. The van der Waals surface area contributed by atoms with Gasteiger partial charge in [0.1, 0.15) is 18.3 Å². The third kappa shape index (κ3) is 5.17. The molecule has 0 bridgehead atoms. The van der Waals surface area contributed by atoms with Crippen molar-refractivity contribution in [1.29, 1.82) is 0 Å². The van der Waals surface area contributed by atoms with E-state index in [0.717, 1.165) is 0 Å². The first-order valence-corrected chi connectivity index (χ1v) is 7.68. The zero-order valence-corrected chi connectivity index (χ0v) is 11.2. The fraction of sp³-hybridized carbons (Fsp3) is 1.00. The van der Waals surface area contributed by atoms with E-state index >= 15 is 0 Å². The Labute approximate surface area is 113 Å². The molecule has 12 nitrogen and oxygen atoms in total. The molecule has 0 saturated carbocycles. The number of rotatable bonds is 5. The van der Waals surface area contributed by atoms with Gasteiger partial charge in [0, 0.05) is 0 Å². The van der Waals surface area contributed by atoms with Crippen molar-refractivity contribution in [3.63, 3.8) is 0 Å². The fourth-order valence-corrected chi connectivity index (χ4v) is 2.42. The zero-order chi connectivity index (χ0) is 15.7. The van der Waals surface area contributed by atoms with Gasteiger partial charge in [0.2, 0.25) is 10.4 Å². The molecular formula is C6H11NO11S2-2. The van der Waals surface area contributed by atoms with Crippen LogP contribution in [0.5, 0.6) is 0 Å². The molecule has 1 saturated heterocycles. The number of aliphatic hydroxyl groups excluding tert-OH is 3. The molecule has 1 heterocycles. The largest absolute Gasteiger partial charge is 0.735 e. The average Bonchev–Trinajstić information content (AvgIpc) is 2.25. The third-order valence-electron chi connectivity index (χ3n) is 2.38. The van der Waals surface area contributed by atoms with E-state index in [1.165, 1.54) is 4.72 Å². The van der Waals surface area contributed by atoms with Gasteiger partial charge < -0.3 is 29.2 Å². The van der Waals surface area contributed by atoms with Gasteiger partial charge in [-0.25, -0.2) is 21.6 Å². The number of aliphatic hydroxyl groups is 3. The average molecular weight is 337 g/mol. The zero-order valence-electron chi connectivity index (χ0n) is 9.52. The third-order valence-corrected chi connectivity index (χ3v) is 3.36. The van der Waals surface area contributed by atoms with Gasteiger partial charge >= 0.3 is 0 Å². The van der Waals surface area contributed by atoms with Crippen LogP contribution in [0.1, 0.15) is 0 Å². The molecule has 0 aromatic rings. The summed E-state index contributed by atoms with van der Waals surface area (Å²) in [6.45, 7) is -1.02. The summed E-state index contributed by atoms with van der Waals surface area (Å²) in [6.07, 6.45) is -7.61. The van der Waals surface area contributed by atoms with Crippen molar-refractivity contribution < 1.29 is 50.2 Å². The molecule has 1 fully saturated rings. The Morgan fingerprint density at radius 1 is 1.10 bits per heavy atom. The van der Waals surface area contributed by atoms with Crippen molar-refractivity contribution in [3.8, 4) is 0 Å². The standard InChI is InChI=1S/C6H13NO11S2/c8-4-2(1-17-20(14,15)16)18-6(10)3(5(4)9)7-19(11,12)13/h2-10H,1H2,(H,11,12,13)(H,14,15,16)/p-2/t2?,3?,4-,5+,6?/m0/s1. The number of ether oxygens (including phenoxy) is 1. The second kappa shape index (κ2) is 6.14. The van der Waals surface area contributed by atoms with Gasteiger partial charge in [-0.1, -0.05) is 0 Å². The van der Waals surface area contributed by atoms with Crippen LogP contribution in [0.3, 0.4) is 0 Å². The second-order valence-corrected chi connectivity index (χ2v) is 6.03. The number of hydrogen-bond acceptors (Lipinski definition) is 11. The summed E-state index contributed by atoms with van der Waals surface area (Å²) in [6, 6.07) is -1.87. The SMILES string of the molecule is O=S(=O)([O-])NC1C(O)OC(COS(=O)(=O)[O-])[C@H](O)[C@@H]1O. The van der Waals surface area contributed by atoms with Gasteiger partial charge in [-0.2, -0.15) is 0 Å². The van der Waals surface area contributed by atoms with Crippen LogP contribution in [0.2, 0.25) is 0 Å². The summed E-state index contributed by atoms with van der Waals surface area (Å²) in [5, 5.41) is 28.4. The molecule has 1 rings (SSSR count). The molecule has 0 radical (unpaired) electrons. The Morgan fingerprint density at radius 3 is 2.10 bits per heavy atom. The van der Waals surface area contributed by atoms with Crippen molar-refractivity contribution >= 4 is 20.7 Å². The first-order chi connectivity index (χ1) is 8.91. The van der Waals surface area contributed by atoms with Gasteiger partial charge in [-0.05, 0) is 0 Å².